The summed E-state index contributed by atoms with van der Waals surface area (Å²) in [5, 5.41) is 4.35. The molecule has 6 nitrogen and oxygen atoms in total. The minimum Gasteiger partial charge on any atom is -0.446 e. The number of nitrogen functional groups attached to an aromatic ring is 1. The van der Waals surface area contributed by atoms with Crippen molar-refractivity contribution in [3.05, 3.63) is 65.8 Å². The number of rotatable bonds is 6. The van der Waals surface area contributed by atoms with Crippen LogP contribution in [0.1, 0.15) is 45.1 Å². The third-order valence-electron chi connectivity index (χ3n) is 7.48. The fourth-order valence-corrected chi connectivity index (χ4v) is 5.24. The number of fused-ring (bicyclic) bond motifs is 1. The summed E-state index contributed by atoms with van der Waals surface area (Å²) in [4.78, 5) is 16.8. The molecule has 2 aromatic carbocycles. The van der Waals surface area contributed by atoms with Gasteiger partial charge in [0.05, 0.1) is 22.6 Å². The van der Waals surface area contributed by atoms with Gasteiger partial charge in [0.1, 0.15) is 11.3 Å². The molecule has 1 amide bonds. The number of nitrogens with two attached hydrogens (primary N) is 1. The van der Waals surface area contributed by atoms with Gasteiger partial charge in [0, 0.05) is 28.2 Å². The van der Waals surface area contributed by atoms with Crippen molar-refractivity contribution in [2.75, 3.05) is 11.1 Å². The predicted molar refractivity (Wildman–Crippen MR) is 145 cm³/mol. The number of benzene rings is 2. The van der Waals surface area contributed by atoms with Crippen LogP contribution in [0.15, 0.2) is 60.7 Å². The summed E-state index contributed by atoms with van der Waals surface area (Å²) in [5.41, 5.74) is 13.2. The topological polar surface area (TPSA) is 82.2 Å². The summed E-state index contributed by atoms with van der Waals surface area (Å²) in [6, 6.07) is 20.2. The zero-order valence-corrected chi connectivity index (χ0v) is 21.0. The molecule has 2 aliphatic carbocycles. The maximum atomic E-state index is 12.3. The molecule has 7 heteroatoms. The number of nitrogens with one attached hydrogen (secondary N) is 1. The van der Waals surface area contributed by atoms with Crippen molar-refractivity contribution < 1.29 is 9.53 Å². The number of ether oxygens (including phenoxy) is 1. The average molecular weight is 501 g/mol. The highest BCUT2D eigenvalue weighted by Crippen LogP contribution is 2.45. The minimum absolute atomic E-state index is 0.0470. The molecule has 184 valence electrons. The van der Waals surface area contributed by atoms with Crippen LogP contribution in [-0.2, 0) is 4.74 Å². The first kappa shape index (κ1) is 22.9. The summed E-state index contributed by atoms with van der Waals surface area (Å²) in [5.74, 6) is 0.504. The molecular weight excluding hydrogens is 472 g/mol. The summed E-state index contributed by atoms with van der Waals surface area (Å²) < 4.78 is 7.88. The van der Waals surface area contributed by atoms with Gasteiger partial charge < -0.3 is 15.0 Å². The molecule has 0 spiro atoms. The molecular formula is C29H29ClN4O2. The van der Waals surface area contributed by atoms with E-state index >= 15 is 0 Å². The van der Waals surface area contributed by atoms with Gasteiger partial charge in [0.25, 0.3) is 0 Å². The van der Waals surface area contributed by atoms with Gasteiger partial charge in [-0.2, -0.15) is 0 Å². The summed E-state index contributed by atoms with van der Waals surface area (Å²) in [6.45, 7) is 1.95. The number of aromatic nitrogens is 2. The van der Waals surface area contributed by atoms with Gasteiger partial charge in [-0.15, -0.1) is 0 Å². The lowest BCUT2D eigenvalue weighted by molar-refractivity contribution is 0.108. The first-order chi connectivity index (χ1) is 17.5. The second-order valence-corrected chi connectivity index (χ2v) is 10.3. The Morgan fingerprint density at radius 2 is 1.83 bits per heavy atom. The van der Waals surface area contributed by atoms with Crippen LogP contribution < -0.4 is 11.1 Å². The van der Waals surface area contributed by atoms with Gasteiger partial charge in [-0.1, -0.05) is 41.9 Å². The first-order valence-corrected chi connectivity index (χ1v) is 13.0. The molecule has 36 heavy (non-hydrogen) atoms. The van der Waals surface area contributed by atoms with Crippen LogP contribution in [0.2, 0.25) is 5.15 Å². The molecule has 0 unspecified atom stereocenters. The van der Waals surface area contributed by atoms with Crippen LogP contribution in [0.4, 0.5) is 16.2 Å². The Balaban J connectivity index is 1.34. The number of anilines is 2. The molecule has 2 aromatic heterocycles. The van der Waals surface area contributed by atoms with Crippen LogP contribution in [0.3, 0.4) is 0 Å². The minimum atomic E-state index is -0.410. The van der Waals surface area contributed by atoms with Gasteiger partial charge in [-0.25, -0.2) is 9.78 Å². The van der Waals surface area contributed by atoms with Crippen molar-refractivity contribution in [2.24, 2.45) is 5.92 Å². The highest BCUT2D eigenvalue weighted by molar-refractivity contribution is 6.29. The maximum Gasteiger partial charge on any atom is 0.411 e. The molecule has 1 atom stereocenters. The standard InChI is InChI=1S/C29H29ClN4O2/c1-17(18-8-9-18)36-29(35)32-21-13-10-19(11-14-21)28-27(31)23-15-12-20(24-6-3-7-26(30)33-24)16-25(23)34(28)22-4-2-5-22/h3,6-7,10-18,22H,2,4-5,8-9,31H2,1H3,(H,32,35)/t17-/m1/s1. The first-order valence-electron chi connectivity index (χ1n) is 12.6. The molecule has 2 fully saturated rings. The fourth-order valence-electron chi connectivity index (χ4n) is 5.07. The van der Waals surface area contributed by atoms with Crippen LogP contribution >= 0.6 is 11.6 Å². The van der Waals surface area contributed by atoms with Crippen LogP contribution in [-0.4, -0.2) is 21.7 Å². The smallest absolute Gasteiger partial charge is 0.411 e. The molecule has 2 aliphatic rings. The van der Waals surface area contributed by atoms with Crippen molar-refractivity contribution in [3.8, 4) is 22.5 Å². The third-order valence-corrected chi connectivity index (χ3v) is 7.69. The van der Waals surface area contributed by atoms with Gasteiger partial charge in [-0.05, 0) is 75.3 Å². The SMILES string of the molecule is C[C@@H](OC(=O)Nc1ccc(-c2c(N)c3ccc(-c4cccc(Cl)n4)cc3n2C2CCC2)cc1)C1CC1. The largest absolute Gasteiger partial charge is 0.446 e. The molecule has 0 aliphatic heterocycles. The van der Waals surface area contributed by atoms with E-state index in [1.165, 1.54) is 6.42 Å². The predicted octanol–water partition coefficient (Wildman–Crippen LogP) is 7.68. The molecule has 0 saturated heterocycles. The van der Waals surface area contributed by atoms with Crippen molar-refractivity contribution >= 4 is 40.0 Å². The number of hydrogen-bond donors (Lipinski definition) is 2. The number of carbonyl (C=O) groups excluding carboxylic acids is 1. The quantitative estimate of drug-likeness (QED) is 0.266. The zero-order chi connectivity index (χ0) is 24.8. The fraction of sp³-hybridized carbons (Fsp3) is 0.310. The van der Waals surface area contributed by atoms with E-state index in [4.69, 9.17) is 22.1 Å². The van der Waals surface area contributed by atoms with Gasteiger partial charge in [0.2, 0.25) is 0 Å². The van der Waals surface area contributed by atoms with E-state index in [-0.39, 0.29) is 6.10 Å². The Labute approximate surface area is 215 Å². The molecule has 4 aromatic rings. The van der Waals surface area contributed by atoms with Crippen molar-refractivity contribution in [2.45, 2.75) is 51.2 Å². The van der Waals surface area contributed by atoms with Gasteiger partial charge >= 0.3 is 6.09 Å². The monoisotopic (exact) mass is 500 g/mol. The van der Waals surface area contributed by atoms with Crippen molar-refractivity contribution in [1.82, 2.24) is 9.55 Å². The van der Waals surface area contributed by atoms with E-state index in [1.54, 1.807) is 6.07 Å². The number of nitrogens with zero attached hydrogens (tertiary/aromatic N) is 2. The van der Waals surface area contributed by atoms with Gasteiger partial charge in [-0.3, -0.25) is 5.32 Å². The number of pyridine rings is 1. The van der Waals surface area contributed by atoms with E-state index in [1.807, 2.05) is 49.4 Å². The molecule has 6 rings (SSSR count). The Hall–Kier alpha value is -3.51. The lowest BCUT2D eigenvalue weighted by Crippen LogP contribution is -2.21. The Kier molecular flexibility index (Phi) is 5.84. The van der Waals surface area contributed by atoms with Gasteiger partial charge in [0.15, 0.2) is 0 Å². The lowest BCUT2D eigenvalue weighted by atomic mass is 9.92. The molecule has 0 radical (unpaired) electrons. The molecule has 2 saturated carbocycles. The second kappa shape index (κ2) is 9.17. The van der Waals surface area contributed by atoms with E-state index in [0.717, 1.165) is 64.8 Å². The second-order valence-electron chi connectivity index (χ2n) is 9.94. The van der Waals surface area contributed by atoms with E-state index < -0.39 is 6.09 Å². The Morgan fingerprint density at radius 3 is 2.50 bits per heavy atom. The summed E-state index contributed by atoms with van der Waals surface area (Å²) in [6.07, 6.45) is 5.28. The highest BCUT2D eigenvalue weighted by atomic mass is 35.5. The van der Waals surface area contributed by atoms with Crippen LogP contribution in [0, 0.1) is 5.92 Å². The third kappa shape index (κ3) is 4.30. The van der Waals surface area contributed by atoms with Crippen LogP contribution in [0.25, 0.3) is 33.4 Å². The Morgan fingerprint density at radius 1 is 1.08 bits per heavy atom. The van der Waals surface area contributed by atoms with E-state index in [0.29, 0.717) is 22.8 Å². The summed E-state index contributed by atoms with van der Waals surface area (Å²) in [7, 11) is 0. The lowest BCUT2D eigenvalue weighted by Gasteiger charge is -2.30. The number of hydrogen-bond acceptors (Lipinski definition) is 4. The maximum absolute atomic E-state index is 12.3. The average Bonchev–Trinajstić information content (AvgIpc) is 3.65. The van der Waals surface area contributed by atoms with E-state index in [2.05, 4.69) is 27.0 Å². The number of amides is 1. The molecule has 0 bridgehead atoms. The summed E-state index contributed by atoms with van der Waals surface area (Å²) >= 11 is 6.15. The van der Waals surface area contributed by atoms with Crippen molar-refractivity contribution in [1.29, 1.82) is 0 Å². The normalized spacial score (nSPS) is 16.5. The number of halogens is 1. The zero-order valence-electron chi connectivity index (χ0n) is 20.2. The Bertz CT molecular complexity index is 1440. The highest BCUT2D eigenvalue weighted by Gasteiger charge is 2.31. The van der Waals surface area contributed by atoms with Crippen LogP contribution in [0.5, 0.6) is 0 Å². The van der Waals surface area contributed by atoms with E-state index in [9.17, 15) is 4.79 Å². The molecule has 3 N–H and O–H groups in total. The molecule has 2 heterocycles. The van der Waals surface area contributed by atoms with Crippen molar-refractivity contribution in [3.63, 3.8) is 0 Å². The number of carbonyl (C=O) groups is 1.